The van der Waals surface area contributed by atoms with Gasteiger partial charge in [-0.15, -0.1) is 0 Å². The molecular weight excluding hydrogens is 476 g/mol. The molecule has 0 aromatic carbocycles. The van der Waals surface area contributed by atoms with E-state index in [2.05, 4.69) is 0 Å². The van der Waals surface area contributed by atoms with Crippen molar-refractivity contribution in [3.8, 4) is 0 Å². The van der Waals surface area contributed by atoms with Crippen LogP contribution in [0, 0.1) is 34.5 Å². The number of carbonyl (C=O) groups excluding carboxylic acids is 3. The van der Waals surface area contributed by atoms with Crippen LogP contribution in [0.5, 0.6) is 0 Å². The summed E-state index contributed by atoms with van der Waals surface area (Å²) in [5.41, 5.74) is -4.64. The van der Waals surface area contributed by atoms with Gasteiger partial charge in [-0.2, -0.15) is 0 Å². The highest BCUT2D eigenvalue weighted by atomic mass is 16.6. The van der Waals surface area contributed by atoms with Gasteiger partial charge < -0.3 is 34.6 Å². The fourth-order valence-corrected chi connectivity index (χ4v) is 8.19. The van der Waals surface area contributed by atoms with Crippen molar-refractivity contribution in [3.05, 3.63) is 11.6 Å². The lowest BCUT2D eigenvalue weighted by Crippen LogP contribution is -2.80. The number of carboxylic acid groups (broad SMARTS) is 1. The smallest absolute Gasteiger partial charge is 0.348 e. The van der Waals surface area contributed by atoms with Gasteiger partial charge >= 0.3 is 17.9 Å². The second-order valence-electron chi connectivity index (χ2n) is 11.7. The first-order chi connectivity index (χ1) is 16.7. The molecule has 5 rings (SSSR count). The first kappa shape index (κ1) is 25.3. The number of ether oxygens (including phenoxy) is 3. The minimum Gasteiger partial charge on any atom is -0.479 e. The zero-order valence-electron chi connectivity index (χ0n) is 20.5. The third-order valence-electron chi connectivity index (χ3n) is 9.49. The number of hydrogen-bond donors (Lipinski definition) is 4. The van der Waals surface area contributed by atoms with Crippen molar-refractivity contribution in [2.24, 2.45) is 34.5 Å². The molecule has 11 heteroatoms. The molecule has 0 unspecified atom stereocenters. The van der Waals surface area contributed by atoms with Crippen molar-refractivity contribution in [1.82, 2.24) is 0 Å². The molecule has 0 amide bonds. The van der Waals surface area contributed by atoms with Crippen molar-refractivity contribution in [1.29, 1.82) is 0 Å². The summed E-state index contributed by atoms with van der Waals surface area (Å²) in [5, 5.41) is 44.3. The maximum atomic E-state index is 13.3. The van der Waals surface area contributed by atoms with Gasteiger partial charge in [-0.25, -0.2) is 9.59 Å². The van der Waals surface area contributed by atoms with Gasteiger partial charge in [-0.05, 0) is 31.3 Å². The van der Waals surface area contributed by atoms with Gasteiger partial charge in [0.1, 0.15) is 18.3 Å². The van der Waals surface area contributed by atoms with E-state index >= 15 is 0 Å². The summed E-state index contributed by atoms with van der Waals surface area (Å²) in [6.07, 6.45) is -6.61. The highest BCUT2D eigenvalue weighted by molar-refractivity contribution is 5.96. The number of esters is 2. The molecule has 2 bridgehead atoms. The Labute approximate surface area is 207 Å². The summed E-state index contributed by atoms with van der Waals surface area (Å²) in [6.45, 7) is 6.54. The lowest BCUT2D eigenvalue weighted by Gasteiger charge is -2.67. The molecule has 11 atom stereocenters. The lowest BCUT2D eigenvalue weighted by atomic mass is 9.38. The van der Waals surface area contributed by atoms with E-state index in [9.17, 15) is 39.6 Å². The van der Waals surface area contributed by atoms with E-state index in [0.717, 1.165) is 0 Å². The highest BCUT2D eigenvalue weighted by Gasteiger charge is 2.85. The standard InChI is InChI=1S/C25H32O11/c1-9(2)5-14(27)36-16-18-24-8-34-25(18,22(32)33)20(30)15(28)17(24)23(4)11(7-13(24)35-21(16)31)10(3)6-12(26)19(23)29/h6,9,11,13,15-20,28-30H,5,7-8H2,1-4H3,(H,32,33)/t11-,13+,15+,16+,17+,18+,19+,20-,23-,24+,25-/m0/s1. The number of carboxylic acids is 1. The molecule has 2 aliphatic heterocycles. The first-order valence-electron chi connectivity index (χ1n) is 12.3. The van der Waals surface area contributed by atoms with Crippen molar-refractivity contribution < 1.29 is 53.8 Å². The molecule has 5 aliphatic rings. The zero-order valence-corrected chi connectivity index (χ0v) is 20.5. The Kier molecular flexibility index (Phi) is 5.51. The SMILES string of the molecule is CC1=CC(=O)[C@@H](O)[C@]2(C)[C@H]3[C@@H](O)[C@H](O)[C@@]4(C(=O)O)OC[C@@]35[C@@H](C[C@@H]12)OC(=O)[C@H](OC(=O)CC(C)C)[C@@H]45. The lowest BCUT2D eigenvalue weighted by molar-refractivity contribution is -0.297. The van der Waals surface area contributed by atoms with Crippen LogP contribution in [0.2, 0.25) is 0 Å². The Bertz CT molecular complexity index is 1070. The minimum absolute atomic E-state index is 0.0422. The molecular formula is C25H32O11. The predicted octanol–water partition coefficient (Wildman–Crippen LogP) is -0.406. The van der Waals surface area contributed by atoms with Crippen molar-refractivity contribution >= 4 is 23.7 Å². The van der Waals surface area contributed by atoms with E-state index in [0.29, 0.717) is 5.57 Å². The summed E-state index contributed by atoms with van der Waals surface area (Å²) in [4.78, 5) is 51.4. The number of fused-ring (bicyclic) bond motifs is 2. The van der Waals surface area contributed by atoms with E-state index < -0.39 is 88.4 Å². The van der Waals surface area contributed by atoms with Crippen LogP contribution in [0.15, 0.2) is 11.6 Å². The number of aliphatic hydroxyl groups is 3. The summed E-state index contributed by atoms with van der Waals surface area (Å²) in [5.74, 6) is -7.04. The second kappa shape index (κ2) is 7.83. The first-order valence-corrected chi connectivity index (χ1v) is 12.3. The number of aliphatic carboxylic acids is 1. The third kappa shape index (κ3) is 2.82. The fraction of sp³-hybridized carbons (Fsp3) is 0.760. The van der Waals surface area contributed by atoms with Crippen LogP contribution < -0.4 is 0 Å². The second-order valence-corrected chi connectivity index (χ2v) is 11.7. The molecule has 0 aromatic heterocycles. The van der Waals surface area contributed by atoms with Crippen LogP contribution in [0.25, 0.3) is 0 Å². The number of hydrogen-bond acceptors (Lipinski definition) is 10. The molecule has 11 nitrogen and oxygen atoms in total. The molecule has 4 fully saturated rings. The van der Waals surface area contributed by atoms with Crippen molar-refractivity contribution in [2.45, 2.75) is 76.7 Å². The Morgan fingerprint density at radius 1 is 1.19 bits per heavy atom. The Hall–Kier alpha value is -2.34. The van der Waals surface area contributed by atoms with Crippen LogP contribution in [-0.4, -0.2) is 86.8 Å². The zero-order chi connectivity index (χ0) is 26.5. The fourth-order valence-electron chi connectivity index (χ4n) is 8.19. The van der Waals surface area contributed by atoms with Crippen LogP contribution in [0.1, 0.15) is 40.5 Å². The van der Waals surface area contributed by atoms with Crippen LogP contribution in [0.3, 0.4) is 0 Å². The van der Waals surface area contributed by atoms with E-state index in [-0.39, 0.29) is 25.4 Å². The number of ketones is 1. The van der Waals surface area contributed by atoms with Crippen LogP contribution >= 0.6 is 0 Å². The summed E-state index contributed by atoms with van der Waals surface area (Å²) < 4.78 is 17.2. The normalized spacial score (nSPS) is 49.1. The molecule has 2 saturated carbocycles. The molecule has 1 spiro atoms. The van der Waals surface area contributed by atoms with Crippen LogP contribution in [0.4, 0.5) is 0 Å². The maximum Gasteiger partial charge on any atom is 0.348 e. The molecule has 0 radical (unpaired) electrons. The largest absolute Gasteiger partial charge is 0.479 e. The Morgan fingerprint density at radius 2 is 1.86 bits per heavy atom. The summed E-state index contributed by atoms with van der Waals surface area (Å²) in [7, 11) is 0. The van der Waals surface area contributed by atoms with E-state index in [1.807, 2.05) is 0 Å². The van der Waals surface area contributed by atoms with Gasteiger partial charge in [0.25, 0.3) is 0 Å². The average Bonchev–Trinajstić information content (AvgIpc) is 3.08. The highest BCUT2D eigenvalue weighted by Crippen LogP contribution is 2.72. The van der Waals surface area contributed by atoms with Gasteiger partial charge in [0.2, 0.25) is 11.7 Å². The molecule has 4 N–H and O–H groups in total. The quantitative estimate of drug-likeness (QED) is 0.363. The number of carbonyl (C=O) groups is 4. The Balaban J connectivity index is 1.73. The van der Waals surface area contributed by atoms with Crippen molar-refractivity contribution in [3.63, 3.8) is 0 Å². The molecule has 2 heterocycles. The van der Waals surface area contributed by atoms with Gasteiger partial charge in [0.05, 0.1) is 18.6 Å². The Morgan fingerprint density at radius 3 is 2.47 bits per heavy atom. The van der Waals surface area contributed by atoms with E-state index in [1.54, 1.807) is 27.7 Å². The van der Waals surface area contributed by atoms with E-state index in [1.165, 1.54) is 6.08 Å². The summed E-state index contributed by atoms with van der Waals surface area (Å²) >= 11 is 0. The van der Waals surface area contributed by atoms with Gasteiger partial charge in [0, 0.05) is 23.2 Å². The monoisotopic (exact) mass is 508 g/mol. The number of rotatable bonds is 4. The minimum atomic E-state index is -2.46. The van der Waals surface area contributed by atoms with Gasteiger partial charge in [-0.3, -0.25) is 9.59 Å². The third-order valence-corrected chi connectivity index (χ3v) is 9.49. The molecule has 0 aromatic rings. The van der Waals surface area contributed by atoms with Crippen LogP contribution in [-0.2, 0) is 33.4 Å². The van der Waals surface area contributed by atoms with Crippen molar-refractivity contribution in [2.75, 3.05) is 6.61 Å². The van der Waals surface area contributed by atoms with Gasteiger partial charge in [0.15, 0.2) is 5.78 Å². The molecule has 2 saturated heterocycles. The average molecular weight is 509 g/mol. The van der Waals surface area contributed by atoms with E-state index in [4.69, 9.17) is 14.2 Å². The summed E-state index contributed by atoms with van der Waals surface area (Å²) in [6, 6.07) is 0. The topological polar surface area (TPSA) is 177 Å². The number of aliphatic hydroxyl groups excluding tert-OH is 3. The molecule has 198 valence electrons. The molecule has 36 heavy (non-hydrogen) atoms. The number of allylic oxidation sites excluding steroid dienone is 1. The maximum absolute atomic E-state index is 13.3. The predicted molar refractivity (Wildman–Crippen MR) is 118 cm³/mol. The van der Waals surface area contributed by atoms with Gasteiger partial charge in [-0.1, -0.05) is 26.3 Å². The molecule has 3 aliphatic carbocycles.